The summed E-state index contributed by atoms with van der Waals surface area (Å²) >= 11 is 0. The normalized spacial score (nSPS) is 15.4. The van der Waals surface area contributed by atoms with Gasteiger partial charge < -0.3 is 14.8 Å². The quantitative estimate of drug-likeness (QED) is 0.501. The second kappa shape index (κ2) is 9.23. The summed E-state index contributed by atoms with van der Waals surface area (Å²) in [4.78, 5) is 24.4. The van der Waals surface area contributed by atoms with Crippen LogP contribution in [0.5, 0.6) is 0 Å². The van der Waals surface area contributed by atoms with E-state index >= 15 is 0 Å². The van der Waals surface area contributed by atoms with Crippen LogP contribution in [0.2, 0.25) is 0 Å². The van der Waals surface area contributed by atoms with Gasteiger partial charge in [0, 0.05) is 43.1 Å². The topological polar surface area (TPSA) is 86.8 Å². The molecule has 164 valence electrons. The van der Waals surface area contributed by atoms with E-state index in [2.05, 4.69) is 25.9 Å². The van der Waals surface area contributed by atoms with Gasteiger partial charge in [0.25, 0.3) is 5.91 Å². The van der Waals surface area contributed by atoms with Crippen LogP contribution in [0.4, 0.5) is 0 Å². The summed E-state index contributed by atoms with van der Waals surface area (Å²) in [5, 5.41) is 14.3. The molecule has 0 radical (unpaired) electrons. The van der Waals surface area contributed by atoms with Gasteiger partial charge in [-0.3, -0.25) is 9.78 Å². The van der Waals surface area contributed by atoms with Crippen molar-refractivity contribution in [1.29, 1.82) is 5.26 Å². The van der Waals surface area contributed by atoms with Gasteiger partial charge in [-0.05, 0) is 36.0 Å². The molecule has 1 saturated heterocycles. The van der Waals surface area contributed by atoms with Gasteiger partial charge in [0.15, 0.2) is 0 Å². The smallest absolute Gasteiger partial charge is 0.256 e. The Hall–Kier alpha value is -4.02. The third-order valence-electron chi connectivity index (χ3n) is 6.20. The van der Waals surface area contributed by atoms with Gasteiger partial charge in [-0.1, -0.05) is 36.4 Å². The number of amides is 1. The van der Waals surface area contributed by atoms with Crippen LogP contribution in [0.15, 0.2) is 73.4 Å². The summed E-state index contributed by atoms with van der Waals surface area (Å²) < 4.78 is 2.06. The van der Waals surface area contributed by atoms with Crippen LogP contribution < -0.4 is 5.32 Å². The number of imidazole rings is 1. The van der Waals surface area contributed by atoms with E-state index in [-0.39, 0.29) is 11.9 Å². The van der Waals surface area contributed by atoms with Crippen molar-refractivity contribution in [1.82, 2.24) is 24.8 Å². The second-order valence-electron chi connectivity index (χ2n) is 8.31. The minimum atomic E-state index is -0.0147. The van der Waals surface area contributed by atoms with Crippen molar-refractivity contribution in [3.05, 3.63) is 95.8 Å². The Kier molecular flexibility index (Phi) is 5.83. The minimum Gasteiger partial charge on any atom is -0.329 e. The number of nitrogens with one attached hydrogen (secondary N) is 1. The Labute approximate surface area is 192 Å². The van der Waals surface area contributed by atoms with Gasteiger partial charge >= 0.3 is 0 Å². The molecule has 5 rings (SSSR count). The van der Waals surface area contributed by atoms with Crippen molar-refractivity contribution in [2.45, 2.75) is 25.6 Å². The average Bonchev–Trinajstić information content (AvgIpc) is 3.55. The minimum absolute atomic E-state index is 0.0147. The molecule has 7 nitrogen and oxygen atoms in total. The molecule has 7 heteroatoms. The van der Waals surface area contributed by atoms with Crippen molar-refractivity contribution in [2.75, 3.05) is 13.1 Å². The highest BCUT2D eigenvalue weighted by atomic mass is 16.2. The molecule has 2 aromatic heterocycles. The number of hydrogen-bond acceptors (Lipinski definition) is 5. The number of nitriles is 1. The first-order valence-corrected chi connectivity index (χ1v) is 11.1. The molecule has 1 atom stereocenters. The molecule has 0 aliphatic carbocycles. The van der Waals surface area contributed by atoms with Gasteiger partial charge in [0.1, 0.15) is 0 Å². The van der Waals surface area contributed by atoms with E-state index in [0.29, 0.717) is 24.2 Å². The Balaban J connectivity index is 1.44. The van der Waals surface area contributed by atoms with Crippen molar-refractivity contribution < 1.29 is 4.79 Å². The lowest BCUT2D eigenvalue weighted by atomic mass is 10.1. The Morgan fingerprint density at radius 2 is 1.97 bits per heavy atom. The van der Waals surface area contributed by atoms with Crippen LogP contribution in [-0.2, 0) is 13.1 Å². The summed E-state index contributed by atoms with van der Waals surface area (Å²) in [6.45, 7) is 2.76. The molecule has 3 heterocycles. The lowest BCUT2D eigenvalue weighted by Crippen LogP contribution is -2.41. The SMILES string of the molecule is N#Cc1ccc(Cn2cncc2CN(C(=O)c2cncc3ccccc23)[C@@H]2CCNC2)cc1. The molecule has 2 aromatic carbocycles. The fraction of sp³-hybridized carbons (Fsp3) is 0.231. The van der Waals surface area contributed by atoms with E-state index in [1.165, 1.54) is 0 Å². The monoisotopic (exact) mass is 436 g/mol. The number of aromatic nitrogens is 3. The molecule has 1 N–H and O–H groups in total. The van der Waals surface area contributed by atoms with E-state index < -0.39 is 0 Å². The molecule has 1 aliphatic rings. The number of fused-ring (bicyclic) bond motifs is 1. The number of hydrogen-bond donors (Lipinski definition) is 1. The predicted octanol–water partition coefficient (Wildman–Crippen LogP) is 3.36. The van der Waals surface area contributed by atoms with E-state index in [1.807, 2.05) is 59.6 Å². The van der Waals surface area contributed by atoms with Crippen LogP contribution in [0, 0.1) is 11.3 Å². The average molecular weight is 437 g/mol. The van der Waals surface area contributed by atoms with Gasteiger partial charge in [0.2, 0.25) is 0 Å². The molecule has 1 aliphatic heterocycles. The molecule has 4 aromatic rings. The zero-order chi connectivity index (χ0) is 22.6. The summed E-state index contributed by atoms with van der Waals surface area (Å²) in [7, 11) is 0. The lowest BCUT2D eigenvalue weighted by molar-refractivity contribution is 0.0673. The molecule has 0 saturated carbocycles. The van der Waals surface area contributed by atoms with Gasteiger partial charge in [-0.25, -0.2) is 4.98 Å². The summed E-state index contributed by atoms with van der Waals surface area (Å²) in [5.41, 5.74) is 3.30. The third kappa shape index (κ3) is 4.34. The fourth-order valence-corrected chi connectivity index (χ4v) is 4.39. The highest BCUT2D eigenvalue weighted by molar-refractivity contribution is 6.06. The van der Waals surface area contributed by atoms with E-state index in [1.54, 1.807) is 18.7 Å². The molecule has 0 bridgehead atoms. The Bertz CT molecular complexity index is 1310. The number of nitrogens with zero attached hydrogens (tertiary/aromatic N) is 5. The molecule has 1 amide bonds. The predicted molar refractivity (Wildman–Crippen MR) is 125 cm³/mol. The Morgan fingerprint density at radius 1 is 1.12 bits per heavy atom. The molecule has 0 spiro atoms. The maximum atomic E-state index is 13.8. The van der Waals surface area contributed by atoms with E-state index in [4.69, 9.17) is 5.26 Å². The zero-order valence-electron chi connectivity index (χ0n) is 18.2. The first-order chi connectivity index (χ1) is 16.2. The van der Waals surface area contributed by atoms with E-state index in [9.17, 15) is 4.79 Å². The number of rotatable bonds is 6. The molecular formula is C26H24N6O. The lowest BCUT2D eigenvalue weighted by Gasteiger charge is -2.29. The van der Waals surface area contributed by atoms with Crippen molar-refractivity contribution >= 4 is 16.7 Å². The second-order valence-corrected chi connectivity index (χ2v) is 8.31. The highest BCUT2D eigenvalue weighted by Crippen LogP contribution is 2.23. The first kappa shape index (κ1) is 20.9. The summed E-state index contributed by atoms with van der Waals surface area (Å²) in [5.74, 6) is -0.0147. The number of pyridine rings is 1. The van der Waals surface area contributed by atoms with Gasteiger partial charge in [-0.2, -0.15) is 5.26 Å². The molecule has 33 heavy (non-hydrogen) atoms. The summed E-state index contributed by atoms with van der Waals surface area (Å²) in [6, 6.07) is 17.7. The number of benzene rings is 2. The van der Waals surface area contributed by atoms with Crippen LogP contribution >= 0.6 is 0 Å². The van der Waals surface area contributed by atoms with E-state index in [0.717, 1.165) is 41.5 Å². The number of carbonyl (C=O) groups is 1. The standard InChI is InChI=1S/C26H24N6O/c27-11-19-5-7-20(8-6-19)16-31-18-30-14-23(31)17-32(22-9-10-28-13-22)26(33)25-15-29-12-21-3-1-2-4-24(21)25/h1-8,12,14-15,18,22,28H,9-10,13,16-17H2/t22-/m1/s1. The largest absolute Gasteiger partial charge is 0.329 e. The Morgan fingerprint density at radius 3 is 2.76 bits per heavy atom. The van der Waals surface area contributed by atoms with Crippen LogP contribution in [0.3, 0.4) is 0 Å². The van der Waals surface area contributed by atoms with Crippen molar-refractivity contribution in [3.63, 3.8) is 0 Å². The van der Waals surface area contributed by atoms with Crippen LogP contribution in [-0.4, -0.2) is 44.5 Å². The molecular weight excluding hydrogens is 412 g/mol. The maximum Gasteiger partial charge on any atom is 0.256 e. The van der Waals surface area contributed by atoms with Crippen LogP contribution in [0.25, 0.3) is 10.8 Å². The van der Waals surface area contributed by atoms with Gasteiger partial charge in [-0.15, -0.1) is 0 Å². The van der Waals surface area contributed by atoms with Gasteiger partial charge in [0.05, 0.1) is 35.8 Å². The summed E-state index contributed by atoms with van der Waals surface area (Å²) in [6.07, 6.45) is 8.00. The van der Waals surface area contributed by atoms with Crippen molar-refractivity contribution in [2.24, 2.45) is 0 Å². The van der Waals surface area contributed by atoms with Crippen LogP contribution in [0.1, 0.15) is 33.6 Å². The zero-order valence-corrected chi connectivity index (χ0v) is 18.2. The highest BCUT2D eigenvalue weighted by Gasteiger charge is 2.29. The first-order valence-electron chi connectivity index (χ1n) is 11.1. The van der Waals surface area contributed by atoms with Crippen molar-refractivity contribution in [3.8, 4) is 6.07 Å². The molecule has 1 fully saturated rings. The third-order valence-corrected chi connectivity index (χ3v) is 6.20. The fourth-order valence-electron chi connectivity index (χ4n) is 4.39. The maximum absolute atomic E-state index is 13.8. The molecule has 0 unspecified atom stereocenters. The number of carbonyl (C=O) groups excluding carboxylic acids is 1.